The van der Waals surface area contributed by atoms with Crippen molar-refractivity contribution in [3.05, 3.63) is 23.7 Å². The molecule has 1 heterocycles. The van der Waals surface area contributed by atoms with Crippen LogP contribution in [0.2, 0.25) is 0 Å². The lowest BCUT2D eigenvalue weighted by molar-refractivity contribution is 0.249. The zero-order valence-electron chi connectivity index (χ0n) is 11.6. The van der Waals surface area contributed by atoms with Crippen LogP contribution in [0.4, 0.5) is 0 Å². The van der Waals surface area contributed by atoms with Crippen LogP contribution in [0.15, 0.2) is 16.5 Å². The van der Waals surface area contributed by atoms with Crippen LogP contribution < -0.4 is 5.32 Å². The Morgan fingerprint density at radius 3 is 2.83 bits per heavy atom. The second-order valence-corrected chi connectivity index (χ2v) is 6.11. The molecular weight excluding hydrogens is 242 g/mol. The number of thioether (sulfide) groups is 1. The van der Waals surface area contributed by atoms with Crippen LogP contribution in [0.3, 0.4) is 0 Å². The minimum atomic E-state index is 0.692. The van der Waals surface area contributed by atoms with Crippen LogP contribution in [-0.2, 0) is 12.3 Å². The van der Waals surface area contributed by atoms with Crippen LogP contribution in [0.5, 0.6) is 0 Å². The maximum atomic E-state index is 5.80. The van der Waals surface area contributed by atoms with Crippen LogP contribution in [0.1, 0.15) is 50.5 Å². The van der Waals surface area contributed by atoms with Gasteiger partial charge in [0.05, 0.1) is 12.3 Å². The molecule has 2 nitrogen and oxygen atoms in total. The Kier molecular flexibility index (Phi) is 5.64. The van der Waals surface area contributed by atoms with E-state index in [-0.39, 0.29) is 0 Å². The average Bonchev–Trinajstić information content (AvgIpc) is 2.85. The van der Waals surface area contributed by atoms with E-state index in [1.807, 2.05) is 0 Å². The first kappa shape index (κ1) is 14.0. The van der Waals surface area contributed by atoms with E-state index in [1.165, 1.54) is 32.1 Å². The van der Waals surface area contributed by atoms with E-state index in [4.69, 9.17) is 4.42 Å². The van der Waals surface area contributed by atoms with Gasteiger partial charge < -0.3 is 9.73 Å². The predicted octanol–water partition coefficient (Wildman–Crippen LogP) is 4.20. The highest BCUT2D eigenvalue weighted by atomic mass is 32.2. The summed E-state index contributed by atoms with van der Waals surface area (Å²) in [5.41, 5.74) is 0. The molecular formula is C15H25NOS. The first-order chi connectivity index (χ1) is 8.83. The Morgan fingerprint density at radius 2 is 2.06 bits per heavy atom. The number of furan rings is 1. The summed E-state index contributed by atoms with van der Waals surface area (Å²) in [6.45, 7) is 3.20. The van der Waals surface area contributed by atoms with E-state index >= 15 is 0 Å². The molecule has 1 saturated carbocycles. The van der Waals surface area contributed by atoms with Crippen molar-refractivity contribution < 1.29 is 4.42 Å². The predicted molar refractivity (Wildman–Crippen MR) is 78.8 cm³/mol. The molecule has 0 saturated heterocycles. The maximum Gasteiger partial charge on any atom is 0.118 e. The Bertz CT molecular complexity index is 350. The van der Waals surface area contributed by atoms with E-state index in [9.17, 15) is 0 Å². The van der Waals surface area contributed by atoms with Crippen molar-refractivity contribution in [2.45, 2.75) is 57.4 Å². The van der Waals surface area contributed by atoms with Crippen molar-refractivity contribution in [1.29, 1.82) is 0 Å². The van der Waals surface area contributed by atoms with E-state index in [0.29, 0.717) is 6.04 Å². The van der Waals surface area contributed by atoms with Crippen molar-refractivity contribution in [2.75, 3.05) is 6.26 Å². The lowest BCUT2D eigenvalue weighted by Crippen LogP contribution is -2.37. The third kappa shape index (κ3) is 3.79. The molecule has 0 radical (unpaired) electrons. The van der Waals surface area contributed by atoms with E-state index in [0.717, 1.165) is 29.7 Å². The smallest absolute Gasteiger partial charge is 0.118 e. The second kappa shape index (κ2) is 7.25. The molecule has 2 unspecified atom stereocenters. The summed E-state index contributed by atoms with van der Waals surface area (Å²) in [7, 11) is 0. The SMILES string of the molecule is CCC1CCCCC1NCc1ccc(CSC)o1. The molecule has 1 aliphatic rings. The summed E-state index contributed by atoms with van der Waals surface area (Å²) in [4.78, 5) is 0. The highest BCUT2D eigenvalue weighted by molar-refractivity contribution is 7.97. The Balaban J connectivity index is 1.81. The van der Waals surface area contributed by atoms with Gasteiger partial charge in [0, 0.05) is 6.04 Å². The summed E-state index contributed by atoms with van der Waals surface area (Å²) in [5.74, 6) is 4.01. The largest absolute Gasteiger partial charge is 0.464 e. The fourth-order valence-corrected chi connectivity index (χ4v) is 3.37. The molecule has 1 N–H and O–H groups in total. The van der Waals surface area contributed by atoms with E-state index in [2.05, 4.69) is 30.6 Å². The van der Waals surface area contributed by atoms with Gasteiger partial charge in [-0.15, -0.1) is 0 Å². The summed E-state index contributed by atoms with van der Waals surface area (Å²) in [6, 6.07) is 4.91. The van der Waals surface area contributed by atoms with Gasteiger partial charge >= 0.3 is 0 Å². The molecule has 0 bridgehead atoms. The molecule has 1 aliphatic carbocycles. The molecule has 102 valence electrons. The Morgan fingerprint density at radius 1 is 1.28 bits per heavy atom. The number of nitrogens with one attached hydrogen (secondary N) is 1. The lowest BCUT2D eigenvalue weighted by atomic mass is 9.83. The highest BCUT2D eigenvalue weighted by Gasteiger charge is 2.23. The molecule has 2 atom stereocenters. The van der Waals surface area contributed by atoms with Crippen molar-refractivity contribution in [3.8, 4) is 0 Å². The number of hydrogen-bond donors (Lipinski definition) is 1. The number of hydrogen-bond acceptors (Lipinski definition) is 3. The monoisotopic (exact) mass is 267 g/mol. The normalized spacial score (nSPS) is 24.3. The zero-order valence-corrected chi connectivity index (χ0v) is 12.4. The molecule has 0 amide bonds. The zero-order chi connectivity index (χ0) is 12.8. The summed E-state index contributed by atoms with van der Waals surface area (Å²) in [6.07, 6.45) is 8.92. The third-order valence-electron chi connectivity index (χ3n) is 3.98. The first-order valence-electron chi connectivity index (χ1n) is 7.13. The molecule has 2 rings (SSSR count). The minimum Gasteiger partial charge on any atom is -0.464 e. The fourth-order valence-electron chi connectivity index (χ4n) is 2.93. The van der Waals surface area contributed by atoms with Gasteiger partial charge in [0.25, 0.3) is 0 Å². The average molecular weight is 267 g/mol. The van der Waals surface area contributed by atoms with Gasteiger partial charge in [-0.1, -0.05) is 26.2 Å². The van der Waals surface area contributed by atoms with E-state index < -0.39 is 0 Å². The topological polar surface area (TPSA) is 25.2 Å². The van der Waals surface area contributed by atoms with Crippen molar-refractivity contribution in [1.82, 2.24) is 5.32 Å². The third-order valence-corrected chi connectivity index (χ3v) is 4.55. The summed E-state index contributed by atoms with van der Waals surface area (Å²) in [5, 5.41) is 3.69. The van der Waals surface area contributed by atoms with Gasteiger partial charge in [-0.05, 0) is 37.1 Å². The maximum absolute atomic E-state index is 5.80. The Hall–Kier alpha value is -0.410. The molecule has 0 spiro atoms. The van der Waals surface area contributed by atoms with Gasteiger partial charge in [-0.3, -0.25) is 0 Å². The molecule has 1 aromatic rings. The van der Waals surface area contributed by atoms with Gasteiger partial charge in [-0.25, -0.2) is 0 Å². The molecule has 1 fully saturated rings. The Labute approximate surface area is 115 Å². The molecule has 18 heavy (non-hydrogen) atoms. The van der Waals surface area contributed by atoms with Crippen LogP contribution >= 0.6 is 11.8 Å². The molecule has 1 aromatic heterocycles. The van der Waals surface area contributed by atoms with Crippen molar-refractivity contribution in [2.24, 2.45) is 5.92 Å². The lowest BCUT2D eigenvalue weighted by Gasteiger charge is -2.31. The van der Waals surface area contributed by atoms with Gasteiger partial charge in [0.15, 0.2) is 0 Å². The van der Waals surface area contributed by atoms with E-state index in [1.54, 1.807) is 11.8 Å². The van der Waals surface area contributed by atoms with Gasteiger partial charge in [0.1, 0.15) is 11.5 Å². The highest BCUT2D eigenvalue weighted by Crippen LogP contribution is 2.27. The standard InChI is InChI=1S/C15H25NOS/c1-3-12-6-4-5-7-15(12)16-10-13-8-9-14(17-13)11-18-2/h8-9,12,15-16H,3-7,10-11H2,1-2H3. The van der Waals surface area contributed by atoms with Crippen molar-refractivity contribution in [3.63, 3.8) is 0 Å². The van der Waals surface area contributed by atoms with Crippen LogP contribution in [0, 0.1) is 5.92 Å². The minimum absolute atomic E-state index is 0.692. The fraction of sp³-hybridized carbons (Fsp3) is 0.733. The quantitative estimate of drug-likeness (QED) is 0.836. The molecule has 3 heteroatoms. The van der Waals surface area contributed by atoms with Crippen molar-refractivity contribution >= 4 is 11.8 Å². The van der Waals surface area contributed by atoms with Gasteiger partial charge in [0.2, 0.25) is 0 Å². The number of rotatable bonds is 6. The summed E-state index contributed by atoms with van der Waals surface area (Å²) >= 11 is 1.80. The van der Waals surface area contributed by atoms with Gasteiger partial charge in [-0.2, -0.15) is 11.8 Å². The van der Waals surface area contributed by atoms with Crippen LogP contribution in [-0.4, -0.2) is 12.3 Å². The summed E-state index contributed by atoms with van der Waals surface area (Å²) < 4.78 is 5.80. The molecule has 0 aromatic carbocycles. The van der Waals surface area contributed by atoms with Crippen LogP contribution in [0.25, 0.3) is 0 Å². The first-order valence-corrected chi connectivity index (χ1v) is 8.52. The second-order valence-electron chi connectivity index (χ2n) is 5.24. The molecule has 0 aliphatic heterocycles.